The third kappa shape index (κ3) is 3.89. The number of nitrogens with two attached hydrogens (primary N) is 1. The van der Waals surface area contributed by atoms with Gasteiger partial charge in [0.15, 0.2) is 6.29 Å². The van der Waals surface area contributed by atoms with Crippen molar-refractivity contribution in [3.05, 3.63) is 75.8 Å². The molecule has 1 saturated carbocycles. The van der Waals surface area contributed by atoms with E-state index in [-0.39, 0.29) is 22.0 Å². The van der Waals surface area contributed by atoms with Crippen LogP contribution in [0.25, 0.3) is 0 Å². The Labute approximate surface area is 168 Å². The predicted molar refractivity (Wildman–Crippen MR) is 113 cm³/mol. The average molecular weight is 392 g/mol. The highest BCUT2D eigenvalue weighted by Crippen LogP contribution is 2.59. The number of carbonyl (C=O) groups is 2. The minimum Gasteiger partial charge on any atom is -0.390 e. The molecule has 1 fully saturated rings. The van der Waals surface area contributed by atoms with E-state index < -0.39 is 11.5 Å². The quantitative estimate of drug-likeness (QED) is 0.398. The number of aromatic amines is 1. The number of pyridine rings is 1. The first-order valence-electron chi connectivity index (χ1n) is 9.24. The van der Waals surface area contributed by atoms with E-state index in [0.717, 1.165) is 18.4 Å². The molecule has 0 unspecified atom stereocenters. The van der Waals surface area contributed by atoms with Crippen molar-refractivity contribution >= 4 is 24.2 Å². The van der Waals surface area contributed by atoms with Gasteiger partial charge in [0.2, 0.25) is 0 Å². The standard InChI is InChI=1S/C22H24N4O3/c1-14(25-13-23)22(11-21(2,3)12-22)16-5-4-6-17(8-16)26-20(29)18-7-15(10-27)9-24-19(18)28/h4-10,13H,1,11-12H2,2-3H3,(H2,23,25)(H,24,28)(H,26,29). The number of benzene rings is 1. The summed E-state index contributed by atoms with van der Waals surface area (Å²) in [4.78, 5) is 42.1. The van der Waals surface area contributed by atoms with Crippen molar-refractivity contribution in [3.63, 3.8) is 0 Å². The molecular weight excluding hydrogens is 368 g/mol. The molecule has 0 bridgehead atoms. The number of amides is 1. The van der Waals surface area contributed by atoms with Crippen LogP contribution in [0.1, 0.15) is 53.0 Å². The highest BCUT2D eigenvalue weighted by atomic mass is 16.2. The van der Waals surface area contributed by atoms with Crippen LogP contribution in [0.4, 0.5) is 5.69 Å². The molecule has 1 aliphatic rings. The van der Waals surface area contributed by atoms with Crippen LogP contribution in [0.15, 0.2) is 58.6 Å². The Kier molecular flexibility index (Phi) is 5.24. The van der Waals surface area contributed by atoms with E-state index in [4.69, 9.17) is 5.73 Å². The second-order valence-corrected chi connectivity index (χ2v) is 8.15. The summed E-state index contributed by atoms with van der Waals surface area (Å²) in [7, 11) is 0. The maximum absolute atomic E-state index is 12.6. The zero-order chi connectivity index (χ0) is 21.2. The van der Waals surface area contributed by atoms with E-state index in [1.807, 2.05) is 18.2 Å². The number of aldehydes is 1. The number of carbonyl (C=O) groups excluding carboxylic acids is 2. The van der Waals surface area contributed by atoms with Gasteiger partial charge in [-0.2, -0.15) is 0 Å². The number of H-pyrrole nitrogens is 1. The van der Waals surface area contributed by atoms with Crippen LogP contribution in [-0.2, 0) is 5.41 Å². The molecular formula is C22H24N4O3. The molecule has 0 spiro atoms. The lowest BCUT2D eigenvalue weighted by Crippen LogP contribution is -2.47. The summed E-state index contributed by atoms with van der Waals surface area (Å²) in [5.41, 5.74) is 6.99. The van der Waals surface area contributed by atoms with Gasteiger partial charge >= 0.3 is 0 Å². The van der Waals surface area contributed by atoms with Gasteiger partial charge in [-0.3, -0.25) is 14.4 Å². The van der Waals surface area contributed by atoms with Gasteiger partial charge in [-0.25, -0.2) is 4.99 Å². The molecule has 1 aromatic carbocycles. The molecule has 1 aromatic heterocycles. The van der Waals surface area contributed by atoms with Gasteiger partial charge in [-0.05, 0) is 42.0 Å². The number of hydrogen-bond acceptors (Lipinski definition) is 4. The summed E-state index contributed by atoms with van der Waals surface area (Å²) in [5, 5.41) is 2.74. The average Bonchev–Trinajstić information content (AvgIpc) is 2.66. The van der Waals surface area contributed by atoms with Gasteiger partial charge in [-0.1, -0.05) is 32.6 Å². The maximum atomic E-state index is 12.6. The summed E-state index contributed by atoms with van der Waals surface area (Å²) in [5.74, 6) is -0.589. The zero-order valence-corrected chi connectivity index (χ0v) is 16.5. The highest BCUT2D eigenvalue weighted by molar-refractivity contribution is 6.04. The molecule has 0 aliphatic heterocycles. The zero-order valence-electron chi connectivity index (χ0n) is 16.5. The first kappa shape index (κ1) is 20.3. The molecule has 0 atom stereocenters. The number of anilines is 1. The van der Waals surface area contributed by atoms with E-state index in [2.05, 4.69) is 35.7 Å². The minimum absolute atomic E-state index is 0.128. The lowest BCUT2D eigenvalue weighted by atomic mass is 9.51. The van der Waals surface area contributed by atoms with E-state index in [0.29, 0.717) is 17.7 Å². The molecule has 7 nitrogen and oxygen atoms in total. The SMILES string of the molecule is C=C(N=CN)C1(c2cccc(NC(=O)c3cc(C=O)c[nH]c3=O)c2)CC(C)(C)C1. The fraction of sp³-hybridized carbons (Fsp3) is 0.273. The van der Waals surface area contributed by atoms with Crippen LogP contribution in [0.3, 0.4) is 0 Å². The normalized spacial score (nSPS) is 16.8. The third-order valence-electron chi connectivity index (χ3n) is 5.32. The lowest BCUT2D eigenvalue weighted by molar-refractivity contribution is 0.0845. The second kappa shape index (κ2) is 7.50. The molecule has 7 heteroatoms. The molecule has 0 radical (unpaired) electrons. The van der Waals surface area contributed by atoms with E-state index in [1.165, 1.54) is 18.6 Å². The van der Waals surface area contributed by atoms with Crippen molar-refractivity contribution in [2.45, 2.75) is 32.1 Å². The fourth-order valence-corrected chi connectivity index (χ4v) is 4.20. The summed E-state index contributed by atoms with van der Waals surface area (Å²) < 4.78 is 0. The summed E-state index contributed by atoms with van der Waals surface area (Å²) in [6.45, 7) is 8.47. The molecule has 0 saturated heterocycles. The van der Waals surface area contributed by atoms with Crippen molar-refractivity contribution in [1.82, 2.24) is 4.98 Å². The summed E-state index contributed by atoms with van der Waals surface area (Å²) in [6.07, 6.45) is 4.79. The lowest BCUT2D eigenvalue weighted by Gasteiger charge is -2.53. The molecule has 1 aliphatic carbocycles. The van der Waals surface area contributed by atoms with Crippen molar-refractivity contribution in [1.29, 1.82) is 0 Å². The van der Waals surface area contributed by atoms with Crippen molar-refractivity contribution in [2.75, 3.05) is 5.32 Å². The molecule has 4 N–H and O–H groups in total. The van der Waals surface area contributed by atoms with Gasteiger partial charge in [0.1, 0.15) is 5.56 Å². The number of rotatable bonds is 6. The molecule has 3 rings (SSSR count). The number of hydrogen-bond donors (Lipinski definition) is 3. The summed E-state index contributed by atoms with van der Waals surface area (Å²) in [6, 6.07) is 8.68. The molecule has 2 aromatic rings. The highest BCUT2D eigenvalue weighted by Gasteiger charge is 2.52. The number of nitrogens with one attached hydrogen (secondary N) is 2. The van der Waals surface area contributed by atoms with Crippen LogP contribution >= 0.6 is 0 Å². The Balaban J connectivity index is 1.91. The van der Waals surface area contributed by atoms with Crippen LogP contribution in [0.2, 0.25) is 0 Å². The first-order valence-corrected chi connectivity index (χ1v) is 9.24. The van der Waals surface area contributed by atoms with E-state index in [1.54, 1.807) is 6.07 Å². The van der Waals surface area contributed by atoms with Crippen molar-refractivity contribution in [3.8, 4) is 0 Å². The monoisotopic (exact) mass is 392 g/mol. The molecule has 1 heterocycles. The number of aliphatic imine (C=N–C) groups is 1. The smallest absolute Gasteiger partial charge is 0.261 e. The van der Waals surface area contributed by atoms with Gasteiger partial charge in [0.25, 0.3) is 11.5 Å². The van der Waals surface area contributed by atoms with Crippen LogP contribution in [0.5, 0.6) is 0 Å². The topological polar surface area (TPSA) is 117 Å². The Morgan fingerprint density at radius 3 is 2.66 bits per heavy atom. The van der Waals surface area contributed by atoms with Gasteiger partial charge in [0, 0.05) is 28.6 Å². The number of nitrogens with zero attached hydrogens (tertiary/aromatic N) is 1. The molecule has 29 heavy (non-hydrogen) atoms. The van der Waals surface area contributed by atoms with Crippen LogP contribution in [-0.4, -0.2) is 23.5 Å². The molecule has 1 amide bonds. The van der Waals surface area contributed by atoms with Crippen molar-refractivity contribution in [2.24, 2.45) is 16.1 Å². The summed E-state index contributed by atoms with van der Waals surface area (Å²) >= 11 is 0. The van der Waals surface area contributed by atoms with Gasteiger partial charge < -0.3 is 16.0 Å². The Morgan fingerprint density at radius 2 is 2.03 bits per heavy atom. The number of allylic oxidation sites excluding steroid dienone is 1. The van der Waals surface area contributed by atoms with Crippen LogP contribution in [0, 0.1) is 5.41 Å². The van der Waals surface area contributed by atoms with E-state index >= 15 is 0 Å². The van der Waals surface area contributed by atoms with Crippen LogP contribution < -0.4 is 16.6 Å². The Bertz CT molecular complexity index is 1060. The third-order valence-corrected chi connectivity index (χ3v) is 5.32. The minimum atomic E-state index is -0.589. The fourth-order valence-electron chi connectivity index (χ4n) is 4.20. The predicted octanol–water partition coefficient (Wildman–Crippen LogP) is 3.00. The number of aromatic nitrogens is 1. The second-order valence-electron chi connectivity index (χ2n) is 8.15. The molecule has 150 valence electrons. The Hall–Kier alpha value is -3.48. The maximum Gasteiger partial charge on any atom is 0.261 e. The van der Waals surface area contributed by atoms with Gasteiger partial charge in [0.05, 0.1) is 6.34 Å². The Morgan fingerprint density at radius 1 is 1.31 bits per heavy atom. The van der Waals surface area contributed by atoms with E-state index in [9.17, 15) is 14.4 Å². The van der Waals surface area contributed by atoms with Crippen molar-refractivity contribution < 1.29 is 9.59 Å². The first-order chi connectivity index (χ1) is 13.7. The van der Waals surface area contributed by atoms with Gasteiger partial charge in [-0.15, -0.1) is 0 Å². The largest absolute Gasteiger partial charge is 0.390 e.